The van der Waals surface area contributed by atoms with Gasteiger partial charge in [0, 0.05) is 18.7 Å². The van der Waals surface area contributed by atoms with E-state index in [4.69, 9.17) is 12.2 Å². The molecule has 0 fully saturated rings. The maximum atomic E-state index is 5.11. The molecule has 1 aliphatic rings. The fourth-order valence-corrected chi connectivity index (χ4v) is 1.90. The Kier molecular flexibility index (Phi) is 3.17. The van der Waals surface area contributed by atoms with Gasteiger partial charge in [-0.1, -0.05) is 0 Å². The second-order valence-corrected chi connectivity index (χ2v) is 3.85. The smallest absolute Gasteiger partial charge is 0.171 e. The lowest BCUT2D eigenvalue weighted by Crippen LogP contribution is -2.29. The number of fused-ring (bicyclic) bond motifs is 1. The van der Waals surface area contributed by atoms with Gasteiger partial charge in [0.15, 0.2) is 10.9 Å². The number of rotatable bonds is 2. The molecular formula is C9H15N5S. The summed E-state index contributed by atoms with van der Waals surface area (Å²) in [6, 6.07) is 0. The minimum absolute atomic E-state index is 0.630. The molecule has 0 amide bonds. The highest BCUT2D eigenvalue weighted by Gasteiger charge is 2.16. The van der Waals surface area contributed by atoms with Gasteiger partial charge in [0.25, 0.3) is 0 Å². The van der Waals surface area contributed by atoms with Crippen LogP contribution in [-0.2, 0) is 13.0 Å². The first-order valence-electron chi connectivity index (χ1n) is 5.13. The van der Waals surface area contributed by atoms with Crippen molar-refractivity contribution in [1.29, 1.82) is 0 Å². The normalized spacial score (nSPS) is 14.5. The Hall–Kier alpha value is -1.14. The van der Waals surface area contributed by atoms with Crippen LogP contribution < -0.4 is 16.0 Å². The number of H-pyrrole nitrogens is 1. The van der Waals surface area contributed by atoms with E-state index < -0.39 is 0 Å². The average molecular weight is 225 g/mol. The van der Waals surface area contributed by atoms with E-state index in [1.54, 1.807) is 0 Å². The first-order chi connectivity index (χ1) is 7.31. The van der Waals surface area contributed by atoms with Crippen LogP contribution in [-0.4, -0.2) is 28.4 Å². The molecule has 0 bridgehead atoms. The molecule has 1 aromatic heterocycles. The van der Waals surface area contributed by atoms with Crippen molar-refractivity contribution in [2.75, 3.05) is 18.4 Å². The van der Waals surface area contributed by atoms with Crippen LogP contribution >= 0.6 is 12.2 Å². The summed E-state index contributed by atoms with van der Waals surface area (Å²) in [6.07, 6.45) is 0.989. The summed E-state index contributed by atoms with van der Waals surface area (Å²) in [4.78, 5) is 0. The molecule has 1 aliphatic heterocycles. The predicted molar refractivity (Wildman–Crippen MR) is 63.9 cm³/mol. The molecule has 1 aromatic rings. The number of nitrogens with one attached hydrogen (secondary N) is 4. The molecule has 6 heteroatoms. The van der Waals surface area contributed by atoms with Gasteiger partial charge in [-0.25, -0.2) is 0 Å². The first kappa shape index (κ1) is 10.4. The molecule has 2 heterocycles. The van der Waals surface area contributed by atoms with Crippen molar-refractivity contribution < 1.29 is 0 Å². The van der Waals surface area contributed by atoms with Crippen molar-refractivity contribution in [3.8, 4) is 0 Å². The summed E-state index contributed by atoms with van der Waals surface area (Å²) in [6.45, 7) is 4.69. The standard InChI is InChI=1S/C9H15N5S/c1-2-11-9(15)12-8-6-3-4-10-5-7(6)13-14-8/h10H,2-5H2,1H3,(H3,11,12,13,14,15). The summed E-state index contributed by atoms with van der Waals surface area (Å²) >= 11 is 5.11. The highest BCUT2D eigenvalue weighted by atomic mass is 32.1. The number of thiocarbonyl (C=S) groups is 1. The van der Waals surface area contributed by atoms with Gasteiger partial charge in [0.1, 0.15) is 0 Å². The number of hydrogen-bond donors (Lipinski definition) is 4. The highest BCUT2D eigenvalue weighted by molar-refractivity contribution is 7.80. The van der Waals surface area contributed by atoms with Crippen LogP contribution in [0.2, 0.25) is 0 Å². The van der Waals surface area contributed by atoms with E-state index in [1.807, 2.05) is 6.92 Å². The van der Waals surface area contributed by atoms with E-state index in [0.717, 1.165) is 37.6 Å². The highest BCUT2D eigenvalue weighted by Crippen LogP contribution is 2.19. The van der Waals surface area contributed by atoms with E-state index >= 15 is 0 Å². The molecule has 0 spiro atoms. The van der Waals surface area contributed by atoms with Crippen molar-refractivity contribution in [2.45, 2.75) is 19.9 Å². The van der Waals surface area contributed by atoms with Crippen LogP contribution in [0.15, 0.2) is 0 Å². The maximum Gasteiger partial charge on any atom is 0.171 e. The Morgan fingerprint density at radius 1 is 1.60 bits per heavy atom. The number of aromatic nitrogens is 2. The molecular weight excluding hydrogens is 210 g/mol. The van der Waals surface area contributed by atoms with Crippen molar-refractivity contribution in [1.82, 2.24) is 20.8 Å². The SMILES string of the molecule is CCNC(=S)Nc1n[nH]c2c1CCNC2. The van der Waals surface area contributed by atoms with Gasteiger partial charge in [0.2, 0.25) is 0 Å². The first-order valence-corrected chi connectivity index (χ1v) is 5.53. The van der Waals surface area contributed by atoms with Gasteiger partial charge in [-0.15, -0.1) is 0 Å². The molecule has 82 valence electrons. The topological polar surface area (TPSA) is 64.8 Å². The average Bonchev–Trinajstić information content (AvgIpc) is 2.62. The molecule has 0 atom stereocenters. The van der Waals surface area contributed by atoms with E-state index in [2.05, 4.69) is 26.1 Å². The predicted octanol–water partition coefficient (Wildman–Crippen LogP) is 0.362. The molecule has 4 N–H and O–H groups in total. The summed E-state index contributed by atoms with van der Waals surface area (Å²) in [5.74, 6) is 0.859. The molecule has 0 saturated carbocycles. The van der Waals surface area contributed by atoms with Gasteiger partial charge >= 0.3 is 0 Å². The Morgan fingerprint density at radius 2 is 2.47 bits per heavy atom. The fourth-order valence-electron chi connectivity index (χ4n) is 1.66. The summed E-state index contributed by atoms with van der Waals surface area (Å²) in [5, 5.41) is 17.3. The largest absolute Gasteiger partial charge is 0.363 e. The van der Waals surface area contributed by atoms with Crippen LogP contribution in [0.1, 0.15) is 18.2 Å². The van der Waals surface area contributed by atoms with Crippen LogP contribution in [0.3, 0.4) is 0 Å². The molecule has 0 unspecified atom stereocenters. The third kappa shape index (κ3) is 2.27. The zero-order valence-electron chi connectivity index (χ0n) is 8.68. The third-order valence-corrected chi connectivity index (χ3v) is 2.62. The van der Waals surface area contributed by atoms with Crippen molar-refractivity contribution >= 4 is 23.1 Å². The van der Waals surface area contributed by atoms with E-state index in [1.165, 1.54) is 5.56 Å². The number of hydrogen-bond acceptors (Lipinski definition) is 3. The second-order valence-electron chi connectivity index (χ2n) is 3.44. The minimum Gasteiger partial charge on any atom is -0.363 e. The number of anilines is 1. The quantitative estimate of drug-likeness (QED) is 0.547. The minimum atomic E-state index is 0.630. The summed E-state index contributed by atoms with van der Waals surface area (Å²) < 4.78 is 0. The van der Waals surface area contributed by atoms with Gasteiger partial charge in [0.05, 0.1) is 5.69 Å². The van der Waals surface area contributed by atoms with Crippen LogP contribution in [0.5, 0.6) is 0 Å². The maximum absolute atomic E-state index is 5.11. The van der Waals surface area contributed by atoms with Gasteiger partial charge in [-0.3, -0.25) is 5.10 Å². The third-order valence-electron chi connectivity index (χ3n) is 2.38. The van der Waals surface area contributed by atoms with Gasteiger partial charge in [-0.2, -0.15) is 5.10 Å². The molecule has 0 radical (unpaired) electrons. The number of aromatic amines is 1. The van der Waals surface area contributed by atoms with Gasteiger partial charge < -0.3 is 16.0 Å². The Bertz CT molecular complexity index is 359. The Balaban J connectivity index is 2.08. The zero-order valence-corrected chi connectivity index (χ0v) is 9.50. The van der Waals surface area contributed by atoms with E-state index in [-0.39, 0.29) is 0 Å². The lowest BCUT2D eigenvalue weighted by molar-refractivity contribution is 0.633. The molecule has 0 aliphatic carbocycles. The summed E-state index contributed by atoms with van der Waals surface area (Å²) in [5.41, 5.74) is 2.40. The molecule has 2 rings (SSSR count). The monoisotopic (exact) mass is 225 g/mol. The lowest BCUT2D eigenvalue weighted by Gasteiger charge is -2.13. The van der Waals surface area contributed by atoms with Crippen LogP contribution in [0.25, 0.3) is 0 Å². The van der Waals surface area contributed by atoms with Crippen molar-refractivity contribution in [3.63, 3.8) is 0 Å². The lowest BCUT2D eigenvalue weighted by atomic mass is 10.1. The van der Waals surface area contributed by atoms with E-state index in [0.29, 0.717) is 5.11 Å². The van der Waals surface area contributed by atoms with Crippen molar-refractivity contribution in [3.05, 3.63) is 11.3 Å². The molecule has 15 heavy (non-hydrogen) atoms. The van der Waals surface area contributed by atoms with Crippen LogP contribution in [0.4, 0.5) is 5.82 Å². The van der Waals surface area contributed by atoms with E-state index in [9.17, 15) is 0 Å². The van der Waals surface area contributed by atoms with Crippen LogP contribution in [0, 0.1) is 0 Å². The van der Waals surface area contributed by atoms with Crippen molar-refractivity contribution in [2.24, 2.45) is 0 Å². The Labute approximate surface area is 94.0 Å². The second kappa shape index (κ2) is 4.59. The fraction of sp³-hybridized carbons (Fsp3) is 0.556. The number of nitrogens with zero attached hydrogens (tertiary/aromatic N) is 1. The Morgan fingerprint density at radius 3 is 3.27 bits per heavy atom. The zero-order chi connectivity index (χ0) is 10.7. The van der Waals surface area contributed by atoms with Gasteiger partial charge in [-0.05, 0) is 32.1 Å². The molecule has 0 saturated heterocycles. The summed E-state index contributed by atoms with van der Waals surface area (Å²) in [7, 11) is 0. The molecule has 0 aromatic carbocycles. The molecule has 5 nitrogen and oxygen atoms in total.